The van der Waals surface area contributed by atoms with Crippen molar-refractivity contribution < 1.29 is 9.13 Å². The van der Waals surface area contributed by atoms with Gasteiger partial charge < -0.3 is 10.1 Å². The lowest BCUT2D eigenvalue weighted by Crippen LogP contribution is -2.35. The average Bonchev–Trinajstić information content (AvgIpc) is 2.91. The Morgan fingerprint density at radius 2 is 2.14 bits per heavy atom. The second-order valence-corrected chi connectivity index (χ2v) is 5.73. The number of para-hydroxylation sites is 1. The van der Waals surface area contributed by atoms with Crippen molar-refractivity contribution in [3.05, 3.63) is 64.4 Å². The van der Waals surface area contributed by atoms with Crippen molar-refractivity contribution in [2.24, 2.45) is 0 Å². The predicted octanol–water partition coefficient (Wildman–Crippen LogP) is 3.79. The fourth-order valence-corrected chi connectivity index (χ4v) is 3.05. The van der Waals surface area contributed by atoms with Crippen molar-refractivity contribution in [1.29, 1.82) is 0 Å². The minimum Gasteiger partial charge on any atom is -0.493 e. The summed E-state index contributed by atoms with van der Waals surface area (Å²) in [7, 11) is 1.90. The number of hydrogen-bond donors (Lipinski definition) is 1. The molecule has 2 nitrogen and oxygen atoms in total. The molecule has 110 valence electrons. The molecule has 4 heteroatoms. The van der Waals surface area contributed by atoms with Crippen LogP contribution in [0.5, 0.6) is 5.75 Å². The molecule has 1 N–H and O–H groups in total. The molecule has 0 radical (unpaired) electrons. The Bertz CT molecular complexity index is 646. The van der Waals surface area contributed by atoms with E-state index in [1.165, 1.54) is 11.6 Å². The van der Waals surface area contributed by atoms with Crippen LogP contribution in [0.1, 0.15) is 17.0 Å². The molecular formula is C17H17ClFNO. The van der Waals surface area contributed by atoms with Gasteiger partial charge >= 0.3 is 0 Å². The number of likely N-dealkylation sites (N-methyl/N-ethyl adjacent to an activating group) is 1. The summed E-state index contributed by atoms with van der Waals surface area (Å²) in [5, 5.41) is 3.72. The standard InChI is InChI=1S/C17H17ClFNO/c1-20-16(8-11-6-7-12(18)9-15(11)19)14-10-21-17-5-3-2-4-13(14)17/h2-7,9,14,16,20H,8,10H2,1H3. The van der Waals surface area contributed by atoms with Crippen molar-refractivity contribution in [3.8, 4) is 5.75 Å². The number of nitrogens with one attached hydrogen (secondary N) is 1. The first-order valence-electron chi connectivity index (χ1n) is 7.02. The SMILES string of the molecule is CNC(Cc1ccc(Cl)cc1F)C1COc2ccccc21. The summed E-state index contributed by atoms with van der Waals surface area (Å²) in [5.41, 5.74) is 1.86. The Hall–Kier alpha value is -1.58. The third kappa shape index (κ3) is 2.89. The molecule has 2 atom stereocenters. The summed E-state index contributed by atoms with van der Waals surface area (Å²) in [6, 6.07) is 13.0. The van der Waals surface area contributed by atoms with Gasteiger partial charge in [-0.3, -0.25) is 0 Å². The van der Waals surface area contributed by atoms with E-state index in [2.05, 4.69) is 11.4 Å². The van der Waals surface area contributed by atoms with Gasteiger partial charge in [0, 0.05) is 22.5 Å². The van der Waals surface area contributed by atoms with E-state index in [-0.39, 0.29) is 17.8 Å². The molecule has 2 unspecified atom stereocenters. The van der Waals surface area contributed by atoms with Crippen LogP contribution in [0.2, 0.25) is 5.02 Å². The van der Waals surface area contributed by atoms with Crippen LogP contribution in [0.3, 0.4) is 0 Å². The van der Waals surface area contributed by atoms with Gasteiger partial charge in [-0.25, -0.2) is 4.39 Å². The van der Waals surface area contributed by atoms with Crippen LogP contribution in [0.15, 0.2) is 42.5 Å². The minimum atomic E-state index is -0.255. The van der Waals surface area contributed by atoms with Crippen molar-refractivity contribution >= 4 is 11.6 Å². The molecule has 0 amide bonds. The molecule has 0 aliphatic carbocycles. The third-order valence-electron chi connectivity index (χ3n) is 4.05. The molecule has 1 aliphatic rings. The molecule has 0 saturated carbocycles. The fraction of sp³-hybridized carbons (Fsp3) is 0.294. The van der Waals surface area contributed by atoms with Gasteiger partial charge in [-0.15, -0.1) is 0 Å². The van der Waals surface area contributed by atoms with Crippen LogP contribution in [-0.2, 0) is 6.42 Å². The van der Waals surface area contributed by atoms with E-state index in [1.54, 1.807) is 12.1 Å². The van der Waals surface area contributed by atoms with Gasteiger partial charge in [0.2, 0.25) is 0 Å². The molecule has 3 rings (SSSR count). The molecule has 21 heavy (non-hydrogen) atoms. The van der Waals surface area contributed by atoms with Crippen LogP contribution in [0.4, 0.5) is 4.39 Å². The van der Waals surface area contributed by atoms with E-state index in [1.807, 2.05) is 25.2 Å². The van der Waals surface area contributed by atoms with Gasteiger partial charge in [0.05, 0.1) is 6.61 Å². The molecule has 1 aliphatic heterocycles. The summed E-state index contributed by atoms with van der Waals surface area (Å²) in [6.07, 6.45) is 0.599. The van der Waals surface area contributed by atoms with Crippen LogP contribution in [0, 0.1) is 5.82 Å². The molecule has 2 aromatic carbocycles. The van der Waals surface area contributed by atoms with Crippen LogP contribution in [0.25, 0.3) is 0 Å². The summed E-state index contributed by atoms with van der Waals surface area (Å²) >= 11 is 5.81. The normalized spacial score (nSPS) is 18.1. The maximum Gasteiger partial charge on any atom is 0.127 e. The molecule has 2 aromatic rings. The zero-order valence-electron chi connectivity index (χ0n) is 11.8. The zero-order chi connectivity index (χ0) is 14.8. The Labute approximate surface area is 128 Å². The summed E-state index contributed by atoms with van der Waals surface area (Å²) < 4.78 is 19.7. The number of fused-ring (bicyclic) bond motifs is 1. The van der Waals surface area contributed by atoms with Crippen molar-refractivity contribution in [1.82, 2.24) is 5.32 Å². The first kappa shape index (κ1) is 14.4. The second kappa shape index (κ2) is 6.04. The van der Waals surface area contributed by atoms with E-state index in [0.717, 1.165) is 5.75 Å². The number of benzene rings is 2. The first-order chi connectivity index (χ1) is 10.2. The predicted molar refractivity (Wildman–Crippen MR) is 82.6 cm³/mol. The second-order valence-electron chi connectivity index (χ2n) is 5.29. The Balaban J connectivity index is 1.83. The monoisotopic (exact) mass is 305 g/mol. The summed E-state index contributed by atoms with van der Waals surface area (Å²) in [5.74, 6) is 0.899. The smallest absolute Gasteiger partial charge is 0.127 e. The van der Waals surface area contributed by atoms with E-state index >= 15 is 0 Å². The number of rotatable bonds is 4. The highest BCUT2D eigenvalue weighted by Crippen LogP contribution is 2.36. The third-order valence-corrected chi connectivity index (χ3v) is 4.28. The van der Waals surface area contributed by atoms with Gasteiger partial charge in [0.15, 0.2) is 0 Å². The highest BCUT2D eigenvalue weighted by molar-refractivity contribution is 6.30. The molecule has 0 bridgehead atoms. The van der Waals surface area contributed by atoms with Gasteiger partial charge in [0.1, 0.15) is 11.6 Å². The van der Waals surface area contributed by atoms with E-state index in [4.69, 9.17) is 16.3 Å². The summed E-state index contributed by atoms with van der Waals surface area (Å²) in [4.78, 5) is 0. The zero-order valence-corrected chi connectivity index (χ0v) is 12.5. The average molecular weight is 306 g/mol. The minimum absolute atomic E-state index is 0.115. The maximum atomic E-state index is 14.0. The van der Waals surface area contributed by atoms with E-state index in [0.29, 0.717) is 23.6 Å². The Kier molecular flexibility index (Phi) is 4.13. The Morgan fingerprint density at radius 3 is 2.90 bits per heavy atom. The van der Waals surface area contributed by atoms with Gasteiger partial charge in [-0.2, -0.15) is 0 Å². The van der Waals surface area contributed by atoms with Crippen molar-refractivity contribution in [3.63, 3.8) is 0 Å². The van der Waals surface area contributed by atoms with Gasteiger partial charge in [-0.05, 0) is 37.2 Å². The van der Waals surface area contributed by atoms with Gasteiger partial charge in [-0.1, -0.05) is 35.9 Å². The molecular weight excluding hydrogens is 289 g/mol. The molecule has 1 heterocycles. The number of halogens is 2. The van der Waals surface area contributed by atoms with Crippen molar-refractivity contribution in [2.45, 2.75) is 18.4 Å². The van der Waals surface area contributed by atoms with Crippen LogP contribution in [-0.4, -0.2) is 19.7 Å². The topological polar surface area (TPSA) is 21.3 Å². The van der Waals surface area contributed by atoms with Crippen LogP contribution < -0.4 is 10.1 Å². The summed E-state index contributed by atoms with van der Waals surface area (Å²) in [6.45, 7) is 0.625. The van der Waals surface area contributed by atoms with E-state index in [9.17, 15) is 4.39 Å². The highest BCUT2D eigenvalue weighted by Gasteiger charge is 2.30. The Morgan fingerprint density at radius 1 is 1.33 bits per heavy atom. The first-order valence-corrected chi connectivity index (χ1v) is 7.39. The lowest BCUT2D eigenvalue weighted by atomic mass is 9.89. The number of ether oxygens (including phenoxy) is 1. The van der Waals surface area contributed by atoms with Crippen LogP contribution >= 0.6 is 11.6 Å². The largest absolute Gasteiger partial charge is 0.493 e. The molecule has 0 saturated heterocycles. The quantitative estimate of drug-likeness (QED) is 0.928. The molecule has 0 aromatic heterocycles. The van der Waals surface area contributed by atoms with E-state index < -0.39 is 0 Å². The highest BCUT2D eigenvalue weighted by atomic mass is 35.5. The fourth-order valence-electron chi connectivity index (χ4n) is 2.89. The lowest BCUT2D eigenvalue weighted by molar-refractivity contribution is 0.301. The maximum absolute atomic E-state index is 14.0. The lowest BCUT2D eigenvalue weighted by Gasteiger charge is -2.22. The molecule has 0 fully saturated rings. The number of hydrogen-bond acceptors (Lipinski definition) is 2. The molecule has 0 spiro atoms. The van der Waals surface area contributed by atoms with Crippen molar-refractivity contribution in [2.75, 3.05) is 13.7 Å². The van der Waals surface area contributed by atoms with Gasteiger partial charge in [0.25, 0.3) is 0 Å².